The van der Waals surface area contributed by atoms with Crippen molar-refractivity contribution in [3.8, 4) is 0 Å². The molecule has 1 aromatic heterocycles. The Kier molecular flexibility index (Phi) is 4.04. The standard InChI is InChI=1S/C15H13N3O5S/c1-10-5-4-7-13(18(19)20)15(10)24(21,22)16-9-12-11-6-2-3-8-14(11)23-17-12/h2-8,16H,9H2,1H3. The van der Waals surface area contributed by atoms with E-state index in [2.05, 4.69) is 9.88 Å². The lowest BCUT2D eigenvalue weighted by atomic mass is 10.2. The minimum Gasteiger partial charge on any atom is -0.356 e. The molecule has 0 saturated heterocycles. The summed E-state index contributed by atoms with van der Waals surface area (Å²) in [6, 6.07) is 11.1. The summed E-state index contributed by atoms with van der Waals surface area (Å²) >= 11 is 0. The zero-order chi connectivity index (χ0) is 17.3. The van der Waals surface area contributed by atoms with Crippen LogP contribution in [-0.4, -0.2) is 18.5 Å². The third-order valence-electron chi connectivity index (χ3n) is 3.54. The van der Waals surface area contributed by atoms with Crippen molar-refractivity contribution in [3.05, 3.63) is 63.8 Å². The minimum atomic E-state index is -4.08. The van der Waals surface area contributed by atoms with Gasteiger partial charge in [0, 0.05) is 11.5 Å². The Morgan fingerprint density at radius 1 is 1.21 bits per heavy atom. The summed E-state index contributed by atoms with van der Waals surface area (Å²) in [4.78, 5) is 10.1. The minimum absolute atomic E-state index is 0.134. The highest BCUT2D eigenvalue weighted by molar-refractivity contribution is 7.89. The van der Waals surface area contributed by atoms with E-state index in [1.165, 1.54) is 19.1 Å². The SMILES string of the molecule is Cc1cccc([N+](=O)[O-])c1S(=O)(=O)NCc1noc2ccccc12. The third-order valence-corrected chi connectivity index (χ3v) is 5.13. The zero-order valence-electron chi connectivity index (χ0n) is 12.6. The Labute approximate surface area is 137 Å². The average Bonchev–Trinajstić information content (AvgIpc) is 2.96. The Morgan fingerprint density at radius 2 is 1.96 bits per heavy atom. The number of nitrogens with one attached hydrogen (secondary N) is 1. The van der Waals surface area contributed by atoms with Gasteiger partial charge in [-0.05, 0) is 24.6 Å². The fourth-order valence-corrected chi connectivity index (χ4v) is 3.81. The van der Waals surface area contributed by atoms with E-state index >= 15 is 0 Å². The normalized spacial score (nSPS) is 11.7. The first-order valence-electron chi connectivity index (χ1n) is 6.97. The van der Waals surface area contributed by atoms with Gasteiger partial charge in [0.15, 0.2) is 10.5 Å². The average molecular weight is 347 g/mol. The number of nitrogens with zero attached hydrogens (tertiary/aromatic N) is 2. The molecule has 24 heavy (non-hydrogen) atoms. The molecule has 0 fully saturated rings. The molecule has 0 spiro atoms. The molecular weight excluding hydrogens is 334 g/mol. The molecule has 0 radical (unpaired) electrons. The number of sulfonamides is 1. The van der Waals surface area contributed by atoms with Crippen LogP contribution in [0.2, 0.25) is 0 Å². The summed E-state index contributed by atoms with van der Waals surface area (Å²) in [6.45, 7) is 1.37. The molecule has 8 nitrogen and oxygen atoms in total. The highest BCUT2D eigenvalue weighted by atomic mass is 32.2. The van der Waals surface area contributed by atoms with E-state index in [1.807, 2.05) is 0 Å². The first-order chi connectivity index (χ1) is 11.4. The van der Waals surface area contributed by atoms with Crippen molar-refractivity contribution in [2.45, 2.75) is 18.4 Å². The smallest absolute Gasteiger partial charge is 0.289 e. The lowest BCUT2D eigenvalue weighted by Crippen LogP contribution is -2.25. The van der Waals surface area contributed by atoms with Crippen LogP contribution in [0.4, 0.5) is 5.69 Å². The molecule has 0 aliphatic rings. The number of nitro benzene ring substituents is 1. The van der Waals surface area contributed by atoms with E-state index in [4.69, 9.17) is 4.52 Å². The Balaban J connectivity index is 1.94. The highest BCUT2D eigenvalue weighted by Gasteiger charge is 2.28. The largest absolute Gasteiger partial charge is 0.356 e. The fourth-order valence-electron chi connectivity index (χ4n) is 2.43. The van der Waals surface area contributed by atoms with Crippen LogP contribution in [0.5, 0.6) is 0 Å². The van der Waals surface area contributed by atoms with E-state index in [0.717, 1.165) is 6.07 Å². The van der Waals surface area contributed by atoms with E-state index in [1.54, 1.807) is 24.3 Å². The number of nitro groups is 1. The quantitative estimate of drug-likeness (QED) is 0.560. The molecule has 0 bridgehead atoms. The van der Waals surface area contributed by atoms with Gasteiger partial charge in [0.25, 0.3) is 5.69 Å². The van der Waals surface area contributed by atoms with Crippen molar-refractivity contribution in [2.75, 3.05) is 0 Å². The predicted molar refractivity (Wildman–Crippen MR) is 85.9 cm³/mol. The summed E-state index contributed by atoms with van der Waals surface area (Å²) in [6.07, 6.45) is 0. The number of rotatable bonds is 5. The van der Waals surface area contributed by atoms with Crippen LogP contribution in [0.3, 0.4) is 0 Å². The molecule has 0 amide bonds. The molecule has 9 heteroatoms. The van der Waals surface area contributed by atoms with E-state index in [-0.39, 0.29) is 11.4 Å². The number of para-hydroxylation sites is 1. The number of aryl methyl sites for hydroxylation is 1. The van der Waals surface area contributed by atoms with Crippen LogP contribution >= 0.6 is 0 Å². The van der Waals surface area contributed by atoms with Gasteiger partial charge in [-0.3, -0.25) is 10.1 Å². The van der Waals surface area contributed by atoms with Gasteiger partial charge in [0.1, 0.15) is 5.69 Å². The van der Waals surface area contributed by atoms with Gasteiger partial charge in [-0.15, -0.1) is 0 Å². The second-order valence-electron chi connectivity index (χ2n) is 5.13. The molecule has 3 aromatic rings. The van der Waals surface area contributed by atoms with Crippen molar-refractivity contribution in [1.29, 1.82) is 0 Å². The molecule has 0 atom stereocenters. The lowest BCUT2D eigenvalue weighted by molar-refractivity contribution is -0.387. The molecule has 1 N–H and O–H groups in total. The second-order valence-corrected chi connectivity index (χ2v) is 6.83. The molecule has 1 heterocycles. The van der Waals surface area contributed by atoms with E-state index < -0.39 is 20.6 Å². The second kappa shape index (κ2) is 6.02. The van der Waals surface area contributed by atoms with Crippen molar-refractivity contribution in [1.82, 2.24) is 9.88 Å². The van der Waals surface area contributed by atoms with Crippen LogP contribution in [-0.2, 0) is 16.6 Å². The topological polar surface area (TPSA) is 115 Å². The summed E-state index contributed by atoms with van der Waals surface area (Å²) in [5.74, 6) is 0. The maximum atomic E-state index is 12.5. The first kappa shape index (κ1) is 16.1. The monoisotopic (exact) mass is 347 g/mol. The zero-order valence-corrected chi connectivity index (χ0v) is 13.4. The van der Waals surface area contributed by atoms with Crippen molar-refractivity contribution < 1.29 is 17.9 Å². The van der Waals surface area contributed by atoms with Crippen molar-refractivity contribution >= 4 is 26.7 Å². The first-order valence-corrected chi connectivity index (χ1v) is 8.45. The Morgan fingerprint density at radius 3 is 2.71 bits per heavy atom. The van der Waals surface area contributed by atoms with Crippen LogP contribution in [0.15, 0.2) is 51.9 Å². The molecule has 2 aromatic carbocycles. The van der Waals surface area contributed by atoms with Gasteiger partial charge >= 0.3 is 0 Å². The summed E-state index contributed by atoms with van der Waals surface area (Å²) in [5.41, 5.74) is 0.771. The summed E-state index contributed by atoms with van der Waals surface area (Å²) in [5, 5.41) is 15.6. The molecule has 0 unspecified atom stereocenters. The maximum absolute atomic E-state index is 12.5. The Bertz CT molecular complexity index is 1030. The van der Waals surface area contributed by atoms with Crippen LogP contribution in [0, 0.1) is 17.0 Å². The number of fused-ring (bicyclic) bond motifs is 1. The number of hydrogen-bond donors (Lipinski definition) is 1. The molecule has 124 valence electrons. The summed E-state index contributed by atoms with van der Waals surface area (Å²) in [7, 11) is -4.08. The van der Waals surface area contributed by atoms with Gasteiger partial charge in [0.2, 0.25) is 10.0 Å². The van der Waals surface area contributed by atoms with Crippen molar-refractivity contribution in [3.63, 3.8) is 0 Å². The molecule has 3 rings (SSSR count). The van der Waals surface area contributed by atoms with E-state index in [9.17, 15) is 18.5 Å². The number of aromatic nitrogens is 1. The van der Waals surface area contributed by atoms with Gasteiger partial charge in [-0.2, -0.15) is 0 Å². The van der Waals surface area contributed by atoms with E-state index in [0.29, 0.717) is 22.2 Å². The number of hydrogen-bond acceptors (Lipinski definition) is 6. The van der Waals surface area contributed by atoms with Gasteiger partial charge in [-0.25, -0.2) is 13.1 Å². The van der Waals surface area contributed by atoms with Gasteiger partial charge in [-0.1, -0.05) is 29.4 Å². The summed E-state index contributed by atoms with van der Waals surface area (Å²) < 4.78 is 32.5. The Hall–Kier alpha value is -2.78. The molecule has 0 aliphatic heterocycles. The van der Waals surface area contributed by atoms with Gasteiger partial charge < -0.3 is 4.52 Å². The highest BCUT2D eigenvalue weighted by Crippen LogP contribution is 2.27. The van der Waals surface area contributed by atoms with Crippen LogP contribution < -0.4 is 4.72 Å². The lowest BCUT2D eigenvalue weighted by Gasteiger charge is -2.08. The molecular formula is C15H13N3O5S. The van der Waals surface area contributed by atoms with Gasteiger partial charge in [0.05, 0.1) is 11.5 Å². The van der Waals surface area contributed by atoms with Crippen LogP contribution in [0.1, 0.15) is 11.3 Å². The predicted octanol–water partition coefficient (Wildman–Crippen LogP) is 2.52. The molecule has 0 aliphatic carbocycles. The maximum Gasteiger partial charge on any atom is 0.289 e. The van der Waals surface area contributed by atoms with Crippen molar-refractivity contribution in [2.24, 2.45) is 0 Å². The molecule has 0 saturated carbocycles. The number of benzene rings is 2. The van der Waals surface area contributed by atoms with Crippen LogP contribution in [0.25, 0.3) is 11.0 Å². The third kappa shape index (κ3) is 2.86. The fraction of sp³-hybridized carbons (Fsp3) is 0.133.